The Bertz CT molecular complexity index is 357. The van der Waals surface area contributed by atoms with Gasteiger partial charge < -0.3 is 4.74 Å². The van der Waals surface area contributed by atoms with E-state index in [0.717, 1.165) is 18.4 Å². The summed E-state index contributed by atoms with van der Waals surface area (Å²) in [5, 5.41) is 0. The van der Waals surface area contributed by atoms with Crippen LogP contribution >= 0.6 is 0 Å². The van der Waals surface area contributed by atoms with Crippen molar-refractivity contribution in [1.29, 1.82) is 0 Å². The maximum atomic E-state index is 6.18. The molecular formula is C16H24O. The Kier molecular flexibility index (Phi) is 2.11. The number of hydrogen-bond acceptors (Lipinski definition) is 1. The molecular weight excluding hydrogens is 208 g/mol. The highest BCUT2D eigenvalue weighted by Gasteiger charge is 2.61. The van der Waals surface area contributed by atoms with Crippen LogP contribution in [-0.2, 0) is 4.74 Å². The van der Waals surface area contributed by atoms with E-state index in [9.17, 15) is 0 Å². The van der Waals surface area contributed by atoms with Crippen LogP contribution in [0, 0.1) is 22.7 Å². The molecule has 0 N–H and O–H groups in total. The molecule has 3 aliphatic carbocycles. The molecule has 1 saturated heterocycles. The summed E-state index contributed by atoms with van der Waals surface area (Å²) in [7, 11) is 0. The summed E-state index contributed by atoms with van der Waals surface area (Å²) in [4.78, 5) is 0. The van der Waals surface area contributed by atoms with Gasteiger partial charge in [0, 0.05) is 11.3 Å². The van der Waals surface area contributed by atoms with Crippen molar-refractivity contribution in [2.45, 2.75) is 58.0 Å². The van der Waals surface area contributed by atoms with Gasteiger partial charge in [-0.15, -0.1) is 0 Å². The molecule has 0 amide bonds. The monoisotopic (exact) mass is 232 g/mol. The average Bonchev–Trinajstić information content (AvgIpc) is 2.60. The zero-order valence-corrected chi connectivity index (χ0v) is 11.0. The smallest absolute Gasteiger partial charge is 0.0618 e. The first-order chi connectivity index (χ1) is 8.25. The second-order valence-electron chi connectivity index (χ2n) is 7.17. The normalized spacial score (nSPS) is 56.4. The first-order valence-corrected chi connectivity index (χ1v) is 7.56. The maximum Gasteiger partial charge on any atom is 0.0618 e. The lowest BCUT2D eigenvalue weighted by atomic mass is 9.47. The third-order valence-corrected chi connectivity index (χ3v) is 6.39. The summed E-state index contributed by atoms with van der Waals surface area (Å²) in [5.41, 5.74) is 0.986. The van der Waals surface area contributed by atoms with E-state index in [1.807, 2.05) is 0 Å². The number of hydrogen-bond donors (Lipinski definition) is 0. The Morgan fingerprint density at radius 1 is 1.12 bits per heavy atom. The molecule has 1 heterocycles. The predicted molar refractivity (Wildman–Crippen MR) is 68.7 cm³/mol. The van der Waals surface area contributed by atoms with Crippen molar-refractivity contribution >= 4 is 0 Å². The molecule has 0 spiro atoms. The van der Waals surface area contributed by atoms with Crippen LogP contribution in [0.2, 0.25) is 0 Å². The highest BCUT2D eigenvalue weighted by molar-refractivity contribution is 5.22. The van der Waals surface area contributed by atoms with Crippen LogP contribution < -0.4 is 0 Å². The zero-order chi connectivity index (χ0) is 11.5. The van der Waals surface area contributed by atoms with Gasteiger partial charge in [-0.3, -0.25) is 0 Å². The van der Waals surface area contributed by atoms with Crippen molar-refractivity contribution in [3.63, 3.8) is 0 Å². The average molecular weight is 232 g/mol. The standard InChI is InChI=1S/C16H24O/c1-15-8-3-2-5-12(15)7-10-16-9-4-6-13(14(15)16)17-11-16/h7,10,12-14H,2-6,8-9,11H2,1H3/t12-,13-,14+,15+,16+/m1/s1. The van der Waals surface area contributed by atoms with Crippen molar-refractivity contribution < 1.29 is 4.74 Å². The molecule has 4 aliphatic rings. The molecule has 1 heteroatoms. The van der Waals surface area contributed by atoms with Crippen LogP contribution in [0.1, 0.15) is 51.9 Å². The fraction of sp³-hybridized carbons (Fsp3) is 0.875. The Hall–Kier alpha value is -0.300. The molecule has 1 nitrogen and oxygen atoms in total. The molecule has 1 aliphatic heterocycles. The van der Waals surface area contributed by atoms with Crippen molar-refractivity contribution in [3.8, 4) is 0 Å². The van der Waals surface area contributed by atoms with Gasteiger partial charge in [0.25, 0.3) is 0 Å². The maximum absolute atomic E-state index is 6.18. The summed E-state index contributed by atoms with van der Waals surface area (Å²) in [6, 6.07) is 0. The lowest BCUT2D eigenvalue weighted by Gasteiger charge is -2.56. The summed E-state index contributed by atoms with van der Waals surface area (Å²) < 4.78 is 6.18. The van der Waals surface area contributed by atoms with Crippen molar-refractivity contribution in [2.24, 2.45) is 22.7 Å². The van der Waals surface area contributed by atoms with Gasteiger partial charge in [0.15, 0.2) is 0 Å². The van der Waals surface area contributed by atoms with Gasteiger partial charge in [-0.1, -0.05) is 31.9 Å². The second kappa shape index (κ2) is 3.38. The van der Waals surface area contributed by atoms with Crippen LogP contribution in [0.4, 0.5) is 0 Å². The largest absolute Gasteiger partial charge is 0.377 e. The van der Waals surface area contributed by atoms with Gasteiger partial charge >= 0.3 is 0 Å². The van der Waals surface area contributed by atoms with E-state index >= 15 is 0 Å². The third-order valence-electron chi connectivity index (χ3n) is 6.39. The third kappa shape index (κ3) is 1.24. The fourth-order valence-electron chi connectivity index (χ4n) is 5.64. The fourth-order valence-corrected chi connectivity index (χ4v) is 5.64. The van der Waals surface area contributed by atoms with Gasteiger partial charge in [0.05, 0.1) is 12.7 Å². The van der Waals surface area contributed by atoms with E-state index in [4.69, 9.17) is 4.74 Å². The minimum absolute atomic E-state index is 0.436. The molecule has 0 radical (unpaired) electrons. The predicted octanol–water partition coefficient (Wildman–Crippen LogP) is 3.94. The highest BCUT2D eigenvalue weighted by Crippen LogP contribution is 2.64. The van der Waals surface area contributed by atoms with Crippen LogP contribution in [0.3, 0.4) is 0 Å². The first-order valence-electron chi connectivity index (χ1n) is 7.56. The molecule has 17 heavy (non-hydrogen) atoms. The van der Waals surface area contributed by atoms with Gasteiger partial charge in [-0.05, 0) is 43.4 Å². The lowest BCUT2D eigenvalue weighted by molar-refractivity contribution is -0.0397. The van der Waals surface area contributed by atoms with E-state index < -0.39 is 0 Å². The highest BCUT2D eigenvalue weighted by atomic mass is 16.5. The van der Waals surface area contributed by atoms with E-state index in [1.54, 1.807) is 0 Å². The second-order valence-corrected chi connectivity index (χ2v) is 7.17. The molecule has 2 saturated carbocycles. The molecule has 0 aromatic rings. The number of ether oxygens (including phenoxy) is 1. The lowest BCUT2D eigenvalue weighted by Crippen LogP contribution is -2.52. The van der Waals surface area contributed by atoms with E-state index in [0.29, 0.717) is 16.9 Å². The molecule has 94 valence electrons. The number of rotatable bonds is 0. The number of allylic oxidation sites excluding steroid dienone is 1. The van der Waals surface area contributed by atoms with Gasteiger partial charge in [-0.2, -0.15) is 0 Å². The molecule has 4 rings (SSSR count). The van der Waals surface area contributed by atoms with E-state index in [2.05, 4.69) is 19.1 Å². The van der Waals surface area contributed by atoms with E-state index in [-0.39, 0.29) is 0 Å². The Morgan fingerprint density at radius 2 is 2.06 bits per heavy atom. The number of fused-ring (bicyclic) bond motifs is 1. The molecule has 2 bridgehead atoms. The summed E-state index contributed by atoms with van der Waals surface area (Å²) >= 11 is 0. The minimum Gasteiger partial charge on any atom is -0.377 e. The summed E-state index contributed by atoms with van der Waals surface area (Å²) in [6.45, 7) is 3.59. The molecule has 0 aromatic carbocycles. The molecule has 0 unspecified atom stereocenters. The minimum atomic E-state index is 0.436. The Labute approximate surface area is 105 Å². The van der Waals surface area contributed by atoms with Gasteiger partial charge in [0.2, 0.25) is 0 Å². The van der Waals surface area contributed by atoms with Crippen LogP contribution in [-0.4, -0.2) is 12.7 Å². The Morgan fingerprint density at radius 3 is 3.00 bits per heavy atom. The van der Waals surface area contributed by atoms with Crippen LogP contribution in [0.5, 0.6) is 0 Å². The van der Waals surface area contributed by atoms with Crippen LogP contribution in [0.25, 0.3) is 0 Å². The van der Waals surface area contributed by atoms with Crippen molar-refractivity contribution in [2.75, 3.05) is 6.61 Å². The van der Waals surface area contributed by atoms with Gasteiger partial charge in [-0.25, -0.2) is 0 Å². The molecule has 0 aromatic heterocycles. The topological polar surface area (TPSA) is 9.23 Å². The summed E-state index contributed by atoms with van der Waals surface area (Å²) in [6.07, 6.45) is 15.6. The quantitative estimate of drug-likeness (QED) is 0.575. The van der Waals surface area contributed by atoms with E-state index in [1.165, 1.54) is 44.9 Å². The van der Waals surface area contributed by atoms with Crippen molar-refractivity contribution in [1.82, 2.24) is 0 Å². The SMILES string of the molecule is C[C@]12CCCC[C@@H]1C=C[C@@]13CCC[C@@H](OC1)[C@H]32. The van der Waals surface area contributed by atoms with Gasteiger partial charge in [0.1, 0.15) is 0 Å². The molecule has 3 fully saturated rings. The summed E-state index contributed by atoms with van der Waals surface area (Å²) in [5.74, 6) is 1.68. The zero-order valence-electron chi connectivity index (χ0n) is 11.0. The first kappa shape index (κ1) is 10.6. The van der Waals surface area contributed by atoms with Crippen LogP contribution in [0.15, 0.2) is 12.2 Å². The van der Waals surface area contributed by atoms with Crippen molar-refractivity contribution in [3.05, 3.63) is 12.2 Å². The molecule has 5 atom stereocenters. The Balaban J connectivity index is 1.81.